The standard InChI is InChI=1S/C32H49F2N3O7S/c1-21-11-12-25(45(40,41)37-20-22-19-24(22)26(37)28(38)43-30(2,3)4)27(35-21)42-18-10-8-9-17-36(29(39)44-31(5,6)7)23-13-15-32(33,34)16-14-23/h11-12,22-24,26H,8-10,13-20H2,1-7H3/t22-,24-,26-/m0/s1. The molecule has 10 nitrogen and oxygen atoms in total. The molecule has 1 saturated heterocycles. The smallest absolute Gasteiger partial charge is 0.410 e. The number of carbonyl (C=O) groups is 2. The average Bonchev–Trinajstić information content (AvgIpc) is 3.55. The van der Waals surface area contributed by atoms with Crippen LogP contribution in [0.25, 0.3) is 0 Å². The average molecular weight is 658 g/mol. The fourth-order valence-corrected chi connectivity index (χ4v) is 7.83. The number of fused-ring (bicyclic) bond motifs is 1. The van der Waals surface area contributed by atoms with Crippen molar-refractivity contribution < 1.29 is 41.0 Å². The number of aromatic nitrogens is 1. The maximum Gasteiger partial charge on any atom is 0.410 e. The molecule has 0 N–H and O–H groups in total. The lowest BCUT2D eigenvalue weighted by Gasteiger charge is -2.37. The van der Waals surface area contributed by atoms with Crippen molar-refractivity contribution in [3.05, 3.63) is 17.8 Å². The van der Waals surface area contributed by atoms with Gasteiger partial charge in [-0.15, -0.1) is 0 Å². The van der Waals surface area contributed by atoms with Gasteiger partial charge in [0.1, 0.15) is 22.1 Å². The van der Waals surface area contributed by atoms with Gasteiger partial charge in [-0.05, 0) is 111 Å². The normalized spacial score (nSPS) is 23.7. The number of pyridine rings is 1. The second kappa shape index (κ2) is 13.3. The Labute approximate surface area is 266 Å². The number of rotatable bonds is 11. The topological polar surface area (TPSA) is 115 Å². The first-order valence-electron chi connectivity index (χ1n) is 16.0. The van der Waals surface area contributed by atoms with Crippen molar-refractivity contribution in [1.29, 1.82) is 0 Å². The van der Waals surface area contributed by atoms with Crippen LogP contribution in [-0.2, 0) is 24.3 Å². The Bertz CT molecular complexity index is 1330. The van der Waals surface area contributed by atoms with E-state index in [0.717, 1.165) is 6.42 Å². The zero-order chi connectivity index (χ0) is 33.4. The Balaban J connectivity index is 1.36. The van der Waals surface area contributed by atoms with E-state index < -0.39 is 45.3 Å². The van der Waals surface area contributed by atoms with Crippen LogP contribution in [0, 0.1) is 18.8 Å². The van der Waals surface area contributed by atoms with Crippen LogP contribution in [0.4, 0.5) is 13.6 Å². The summed E-state index contributed by atoms with van der Waals surface area (Å²) in [6.07, 6.45) is 2.02. The number of amides is 1. The number of sulfonamides is 1. The van der Waals surface area contributed by atoms with Crippen molar-refractivity contribution in [3.63, 3.8) is 0 Å². The van der Waals surface area contributed by atoms with Gasteiger partial charge >= 0.3 is 12.1 Å². The van der Waals surface area contributed by atoms with E-state index in [1.807, 2.05) is 0 Å². The summed E-state index contributed by atoms with van der Waals surface area (Å²) in [5.41, 5.74) is -0.861. The van der Waals surface area contributed by atoms with E-state index in [1.165, 1.54) is 10.4 Å². The predicted molar refractivity (Wildman–Crippen MR) is 164 cm³/mol. The third-order valence-electron chi connectivity index (χ3n) is 8.34. The van der Waals surface area contributed by atoms with E-state index in [-0.39, 0.29) is 67.5 Å². The van der Waals surface area contributed by atoms with Crippen molar-refractivity contribution in [2.45, 2.75) is 134 Å². The lowest BCUT2D eigenvalue weighted by molar-refractivity contribution is -0.159. The van der Waals surface area contributed by atoms with Gasteiger partial charge in [-0.1, -0.05) is 0 Å². The number of piperidine rings is 1. The van der Waals surface area contributed by atoms with Crippen LogP contribution in [0.3, 0.4) is 0 Å². The fraction of sp³-hybridized carbons (Fsp3) is 0.781. The van der Waals surface area contributed by atoms with Crippen LogP contribution in [0.5, 0.6) is 5.88 Å². The van der Waals surface area contributed by atoms with Gasteiger partial charge < -0.3 is 19.1 Å². The maximum atomic E-state index is 13.9. The molecule has 45 heavy (non-hydrogen) atoms. The summed E-state index contributed by atoms with van der Waals surface area (Å²) in [7, 11) is -4.11. The van der Waals surface area contributed by atoms with E-state index in [4.69, 9.17) is 14.2 Å². The van der Waals surface area contributed by atoms with E-state index in [1.54, 1.807) is 59.4 Å². The Morgan fingerprint density at radius 3 is 2.29 bits per heavy atom. The zero-order valence-electron chi connectivity index (χ0n) is 27.6. The number of hydrogen-bond acceptors (Lipinski definition) is 8. The number of carbonyl (C=O) groups excluding carboxylic acids is 2. The molecule has 0 aromatic carbocycles. The van der Waals surface area contributed by atoms with Crippen molar-refractivity contribution in [2.24, 2.45) is 11.8 Å². The summed E-state index contributed by atoms with van der Waals surface area (Å²) in [6.45, 7) is 13.1. The second-order valence-electron chi connectivity index (χ2n) is 14.6. The number of nitrogens with zero attached hydrogens (tertiary/aromatic N) is 3. The summed E-state index contributed by atoms with van der Waals surface area (Å²) < 4.78 is 73.6. The molecule has 3 atom stereocenters. The first kappa shape index (κ1) is 35.3. The Kier molecular flexibility index (Phi) is 10.4. The molecular weight excluding hydrogens is 608 g/mol. The lowest BCUT2D eigenvalue weighted by Crippen LogP contribution is -2.46. The highest BCUT2D eigenvalue weighted by molar-refractivity contribution is 7.89. The molecule has 1 aliphatic heterocycles. The van der Waals surface area contributed by atoms with Gasteiger partial charge in [0.05, 0.1) is 6.61 Å². The van der Waals surface area contributed by atoms with Crippen LogP contribution < -0.4 is 4.74 Å². The SMILES string of the molecule is Cc1ccc(S(=O)(=O)N2C[C@@H]3C[C@@H]3[C@H]2C(=O)OC(C)(C)C)c(OCCCCCN(C(=O)OC(C)(C)C)C2CCC(F)(F)CC2)n1. The predicted octanol–water partition coefficient (Wildman–Crippen LogP) is 6.10. The highest BCUT2D eigenvalue weighted by atomic mass is 32.2. The fourth-order valence-electron chi connectivity index (χ4n) is 6.08. The summed E-state index contributed by atoms with van der Waals surface area (Å²) in [5, 5.41) is 0. The molecule has 2 saturated carbocycles. The van der Waals surface area contributed by atoms with E-state index in [9.17, 15) is 26.8 Å². The molecule has 13 heteroatoms. The van der Waals surface area contributed by atoms with Gasteiger partial charge in [-0.25, -0.2) is 27.0 Å². The molecule has 1 amide bonds. The first-order chi connectivity index (χ1) is 20.8. The Morgan fingerprint density at radius 1 is 1.02 bits per heavy atom. The van der Waals surface area contributed by atoms with Crippen LogP contribution in [0.1, 0.15) is 98.6 Å². The van der Waals surface area contributed by atoms with Gasteiger partial charge in [0, 0.05) is 37.7 Å². The number of aryl methyl sites for hydroxylation is 1. The highest BCUT2D eigenvalue weighted by Gasteiger charge is 2.60. The molecule has 0 radical (unpaired) electrons. The summed E-state index contributed by atoms with van der Waals surface area (Å²) in [4.78, 5) is 31.9. The van der Waals surface area contributed by atoms with Gasteiger partial charge in [0.2, 0.25) is 21.8 Å². The third-order valence-corrected chi connectivity index (χ3v) is 10.2. The minimum atomic E-state index is -4.11. The molecule has 1 aromatic heterocycles. The van der Waals surface area contributed by atoms with Crippen molar-refractivity contribution >= 4 is 22.1 Å². The molecule has 1 aromatic rings. The van der Waals surface area contributed by atoms with Gasteiger partial charge in [0.15, 0.2) is 0 Å². The number of hydrogen-bond donors (Lipinski definition) is 0. The molecular formula is C32H49F2N3O7S. The third kappa shape index (κ3) is 9.27. The summed E-state index contributed by atoms with van der Waals surface area (Å²) in [5.74, 6) is -3.18. The zero-order valence-corrected chi connectivity index (χ0v) is 28.4. The molecule has 3 aliphatic rings. The van der Waals surface area contributed by atoms with Crippen molar-refractivity contribution in [2.75, 3.05) is 19.7 Å². The molecule has 2 heterocycles. The van der Waals surface area contributed by atoms with Gasteiger partial charge in [-0.2, -0.15) is 4.31 Å². The van der Waals surface area contributed by atoms with Crippen molar-refractivity contribution in [3.8, 4) is 5.88 Å². The number of alkyl halides is 2. The van der Waals surface area contributed by atoms with Crippen molar-refractivity contribution in [1.82, 2.24) is 14.2 Å². The van der Waals surface area contributed by atoms with Crippen LogP contribution in [-0.4, -0.2) is 83.6 Å². The molecule has 0 bridgehead atoms. The molecule has 254 valence electrons. The maximum absolute atomic E-state index is 13.9. The van der Waals surface area contributed by atoms with E-state index in [0.29, 0.717) is 31.5 Å². The quantitative estimate of drug-likeness (QED) is 0.207. The molecule has 3 fully saturated rings. The molecule has 0 unspecified atom stereocenters. The Morgan fingerprint density at radius 2 is 1.67 bits per heavy atom. The largest absolute Gasteiger partial charge is 0.477 e. The minimum absolute atomic E-state index is 0.0166. The monoisotopic (exact) mass is 657 g/mol. The van der Waals surface area contributed by atoms with E-state index >= 15 is 0 Å². The first-order valence-corrected chi connectivity index (χ1v) is 17.4. The van der Waals surface area contributed by atoms with Gasteiger partial charge in [0.25, 0.3) is 0 Å². The summed E-state index contributed by atoms with van der Waals surface area (Å²) in [6, 6.07) is 1.89. The van der Waals surface area contributed by atoms with E-state index in [2.05, 4.69) is 4.98 Å². The number of halogens is 2. The Hall–Kier alpha value is -2.54. The minimum Gasteiger partial charge on any atom is -0.477 e. The van der Waals surface area contributed by atoms with Crippen LogP contribution >= 0.6 is 0 Å². The number of ether oxygens (including phenoxy) is 3. The molecule has 4 rings (SSSR count). The number of esters is 1. The second-order valence-corrected chi connectivity index (χ2v) is 16.5. The molecule has 0 spiro atoms. The van der Waals surface area contributed by atoms with Crippen LogP contribution in [0.15, 0.2) is 17.0 Å². The summed E-state index contributed by atoms with van der Waals surface area (Å²) >= 11 is 0. The molecule has 2 aliphatic carbocycles. The van der Waals surface area contributed by atoms with Gasteiger partial charge in [-0.3, -0.25) is 4.79 Å². The van der Waals surface area contributed by atoms with Crippen LogP contribution in [0.2, 0.25) is 0 Å². The number of unbranched alkanes of at least 4 members (excludes halogenated alkanes) is 2. The lowest BCUT2D eigenvalue weighted by atomic mass is 9.91. The highest BCUT2D eigenvalue weighted by Crippen LogP contribution is 2.52.